The Kier molecular flexibility index (Phi) is 4.08. The van der Waals surface area contributed by atoms with E-state index < -0.39 is 10.0 Å². The van der Waals surface area contributed by atoms with Crippen LogP contribution in [0.15, 0.2) is 46.3 Å². The number of sulfonamides is 1. The fourth-order valence-electron chi connectivity index (χ4n) is 2.79. The SMILES string of the molecule is C=c1cc(S(=O)(=O)Nc2ccc(C)cc2C)cc2c1=NC(=O)C=C2C. The Morgan fingerprint density at radius 1 is 1.08 bits per heavy atom. The summed E-state index contributed by atoms with van der Waals surface area (Å²) >= 11 is 0. The second-order valence-corrected chi connectivity index (χ2v) is 7.86. The van der Waals surface area contributed by atoms with Crippen LogP contribution in [0, 0.1) is 13.8 Å². The molecular weight excluding hydrogens is 336 g/mol. The Bertz CT molecular complexity index is 1150. The zero-order valence-electron chi connectivity index (χ0n) is 14.3. The molecule has 2 aromatic carbocycles. The molecule has 0 saturated heterocycles. The molecular formula is C19H18N2O3S. The summed E-state index contributed by atoms with van der Waals surface area (Å²) in [6.07, 6.45) is 1.38. The molecule has 0 atom stereocenters. The number of rotatable bonds is 3. The number of carbonyl (C=O) groups is 1. The molecule has 3 rings (SSSR count). The van der Waals surface area contributed by atoms with Crippen LogP contribution in [0.2, 0.25) is 0 Å². The van der Waals surface area contributed by atoms with Crippen LogP contribution in [0.4, 0.5) is 5.69 Å². The Labute approximate surface area is 146 Å². The Morgan fingerprint density at radius 3 is 2.48 bits per heavy atom. The summed E-state index contributed by atoms with van der Waals surface area (Å²) in [6, 6.07) is 8.46. The first-order chi connectivity index (χ1) is 11.7. The van der Waals surface area contributed by atoms with Crippen LogP contribution >= 0.6 is 0 Å². The number of carbonyl (C=O) groups excluding carboxylic acids is 1. The quantitative estimate of drug-likeness (QED) is 0.917. The van der Waals surface area contributed by atoms with E-state index in [-0.39, 0.29) is 10.8 Å². The molecule has 0 unspecified atom stereocenters. The molecule has 0 fully saturated rings. The fraction of sp³-hybridized carbons (Fsp3) is 0.158. The predicted octanol–water partition coefficient (Wildman–Crippen LogP) is 2.08. The smallest absolute Gasteiger partial charge is 0.270 e. The van der Waals surface area contributed by atoms with E-state index in [2.05, 4.69) is 16.3 Å². The van der Waals surface area contributed by atoms with Gasteiger partial charge in [-0.05, 0) is 55.3 Å². The van der Waals surface area contributed by atoms with Crippen LogP contribution in [-0.4, -0.2) is 14.3 Å². The number of nitrogens with one attached hydrogen (secondary N) is 1. The summed E-state index contributed by atoms with van der Waals surface area (Å²) in [4.78, 5) is 15.6. The highest BCUT2D eigenvalue weighted by Crippen LogP contribution is 2.22. The van der Waals surface area contributed by atoms with Gasteiger partial charge < -0.3 is 0 Å². The first-order valence-corrected chi connectivity index (χ1v) is 9.20. The number of fused-ring (bicyclic) bond motifs is 1. The number of anilines is 1. The summed E-state index contributed by atoms with van der Waals surface area (Å²) in [5.74, 6) is -0.362. The summed E-state index contributed by atoms with van der Waals surface area (Å²) in [6.45, 7) is 9.39. The number of nitrogens with zero attached hydrogens (tertiary/aromatic N) is 1. The highest BCUT2D eigenvalue weighted by molar-refractivity contribution is 7.92. The van der Waals surface area contributed by atoms with Crippen LogP contribution in [-0.2, 0) is 14.8 Å². The molecule has 0 spiro atoms. The zero-order valence-corrected chi connectivity index (χ0v) is 15.1. The second-order valence-electron chi connectivity index (χ2n) is 6.18. The van der Waals surface area contributed by atoms with Gasteiger partial charge in [-0.3, -0.25) is 9.52 Å². The zero-order chi connectivity index (χ0) is 18.4. The molecule has 0 bridgehead atoms. The van der Waals surface area contributed by atoms with Crippen molar-refractivity contribution in [1.82, 2.24) is 0 Å². The van der Waals surface area contributed by atoms with Gasteiger partial charge in [-0.1, -0.05) is 24.3 Å². The maximum absolute atomic E-state index is 12.8. The molecule has 1 aliphatic heterocycles. The summed E-state index contributed by atoms with van der Waals surface area (Å²) in [5.41, 5.74) is 3.70. The molecule has 0 saturated carbocycles. The number of hydrogen-bond acceptors (Lipinski definition) is 3. The van der Waals surface area contributed by atoms with Crippen molar-refractivity contribution in [2.24, 2.45) is 4.99 Å². The van der Waals surface area contributed by atoms with Crippen molar-refractivity contribution in [3.05, 3.63) is 63.7 Å². The Balaban J connectivity index is 2.10. The monoisotopic (exact) mass is 354 g/mol. The van der Waals surface area contributed by atoms with E-state index in [1.54, 1.807) is 13.0 Å². The first-order valence-electron chi connectivity index (χ1n) is 7.72. The minimum atomic E-state index is -3.79. The van der Waals surface area contributed by atoms with Crippen LogP contribution in [0.25, 0.3) is 12.2 Å². The standard InChI is InChI=1S/C19H18N2O3S/c1-11-5-6-17(13(3)7-11)21-25(23,24)15-8-14(4)19-16(10-15)12(2)9-18(22)20-19/h5-10,21H,4H2,1-3H3. The van der Waals surface area contributed by atoms with Crippen molar-refractivity contribution in [1.29, 1.82) is 0 Å². The molecule has 1 heterocycles. The summed E-state index contributed by atoms with van der Waals surface area (Å²) < 4.78 is 28.2. The van der Waals surface area contributed by atoms with Gasteiger partial charge in [-0.25, -0.2) is 13.4 Å². The number of benzene rings is 2. The lowest BCUT2D eigenvalue weighted by Crippen LogP contribution is -2.32. The molecule has 2 aromatic rings. The Hall–Kier alpha value is -2.73. The van der Waals surface area contributed by atoms with E-state index in [0.29, 0.717) is 27.4 Å². The normalized spacial score (nSPS) is 13.7. The summed E-state index contributed by atoms with van der Waals surface area (Å²) in [5, 5.41) is 0.828. The van der Waals surface area contributed by atoms with Gasteiger partial charge in [0.05, 0.1) is 15.9 Å². The molecule has 0 radical (unpaired) electrons. The lowest BCUT2D eigenvalue weighted by molar-refractivity contribution is -0.113. The average molecular weight is 354 g/mol. The highest BCUT2D eigenvalue weighted by atomic mass is 32.2. The van der Waals surface area contributed by atoms with E-state index in [4.69, 9.17) is 0 Å². The van der Waals surface area contributed by atoms with Crippen molar-refractivity contribution >= 4 is 33.8 Å². The van der Waals surface area contributed by atoms with Gasteiger partial charge in [0.2, 0.25) is 0 Å². The molecule has 128 valence electrons. The van der Waals surface area contributed by atoms with E-state index in [9.17, 15) is 13.2 Å². The van der Waals surface area contributed by atoms with Crippen molar-refractivity contribution in [2.75, 3.05) is 4.72 Å². The number of aryl methyl sites for hydroxylation is 2. The van der Waals surface area contributed by atoms with Gasteiger partial charge in [-0.15, -0.1) is 0 Å². The topological polar surface area (TPSA) is 75.6 Å². The van der Waals surface area contributed by atoms with Crippen molar-refractivity contribution in [2.45, 2.75) is 25.7 Å². The third-order valence-corrected chi connectivity index (χ3v) is 5.43. The van der Waals surface area contributed by atoms with Gasteiger partial charge >= 0.3 is 0 Å². The van der Waals surface area contributed by atoms with Crippen molar-refractivity contribution in [3.63, 3.8) is 0 Å². The number of hydrogen-bond donors (Lipinski definition) is 1. The lowest BCUT2D eigenvalue weighted by Gasteiger charge is -2.14. The number of allylic oxidation sites excluding steroid dienone is 1. The van der Waals surface area contributed by atoms with E-state index >= 15 is 0 Å². The van der Waals surface area contributed by atoms with Crippen LogP contribution in [0.3, 0.4) is 0 Å². The van der Waals surface area contributed by atoms with Gasteiger partial charge in [0.1, 0.15) is 0 Å². The predicted molar refractivity (Wildman–Crippen MR) is 98.1 cm³/mol. The van der Waals surface area contributed by atoms with Crippen molar-refractivity contribution < 1.29 is 13.2 Å². The lowest BCUT2D eigenvalue weighted by atomic mass is 10.0. The molecule has 0 aromatic heterocycles. The first kappa shape index (κ1) is 17.1. The highest BCUT2D eigenvalue weighted by Gasteiger charge is 2.19. The second kappa shape index (κ2) is 5.97. The summed E-state index contributed by atoms with van der Waals surface area (Å²) in [7, 11) is -3.79. The third kappa shape index (κ3) is 3.25. The molecule has 5 nitrogen and oxygen atoms in total. The van der Waals surface area contributed by atoms with Gasteiger partial charge in [0.15, 0.2) is 0 Å². The largest absolute Gasteiger partial charge is 0.279 e. The van der Waals surface area contributed by atoms with Crippen LogP contribution < -0.4 is 15.3 Å². The average Bonchev–Trinajstić information content (AvgIpc) is 2.51. The van der Waals surface area contributed by atoms with E-state index in [1.165, 1.54) is 18.2 Å². The van der Waals surface area contributed by atoms with Crippen LogP contribution in [0.1, 0.15) is 23.6 Å². The maximum atomic E-state index is 12.8. The van der Waals surface area contributed by atoms with Crippen LogP contribution in [0.5, 0.6) is 0 Å². The fourth-order valence-corrected chi connectivity index (χ4v) is 4.00. The molecule has 1 amide bonds. The third-order valence-electron chi connectivity index (χ3n) is 4.09. The van der Waals surface area contributed by atoms with E-state index in [1.807, 2.05) is 26.0 Å². The maximum Gasteiger partial charge on any atom is 0.270 e. The minimum Gasteiger partial charge on any atom is -0.279 e. The molecule has 0 aliphatic carbocycles. The molecule has 1 N–H and O–H groups in total. The molecule has 25 heavy (non-hydrogen) atoms. The Morgan fingerprint density at radius 2 is 1.80 bits per heavy atom. The van der Waals surface area contributed by atoms with E-state index in [0.717, 1.165) is 11.1 Å². The van der Waals surface area contributed by atoms with Crippen molar-refractivity contribution in [3.8, 4) is 0 Å². The molecule has 6 heteroatoms. The minimum absolute atomic E-state index is 0.0912. The van der Waals surface area contributed by atoms with Gasteiger partial charge in [0, 0.05) is 11.6 Å². The number of amides is 1. The van der Waals surface area contributed by atoms with Gasteiger partial charge in [-0.2, -0.15) is 0 Å². The van der Waals surface area contributed by atoms with Gasteiger partial charge in [0.25, 0.3) is 15.9 Å². The molecule has 1 aliphatic rings.